The fourth-order valence-corrected chi connectivity index (χ4v) is 2.64. The predicted molar refractivity (Wildman–Crippen MR) is 89.7 cm³/mol. The molecule has 0 aliphatic carbocycles. The summed E-state index contributed by atoms with van der Waals surface area (Å²) in [5, 5.41) is 1.46. The Morgan fingerprint density at radius 2 is 1.48 bits per heavy atom. The molecule has 1 heterocycles. The van der Waals surface area contributed by atoms with Gasteiger partial charge in [0.15, 0.2) is 5.16 Å². The number of thioether (sulfide) groups is 1. The maximum Gasteiger partial charge on any atom is 0.188 e. The Morgan fingerprint density at radius 1 is 0.810 bits per heavy atom. The Balaban J connectivity index is 2.14. The van der Waals surface area contributed by atoms with Crippen molar-refractivity contribution in [3.8, 4) is 22.5 Å². The second-order valence-corrected chi connectivity index (χ2v) is 5.71. The molecule has 2 aromatic carbocycles. The van der Waals surface area contributed by atoms with Gasteiger partial charge in [-0.15, -0.1) is 0 Å². The van der Waals surface area contributed by atoms with Crippen LogP contribution in [0.2, 0.25) is 5.02 Å². The topological polar surface area (TPSA) is 25.8 Å². The number of rotatable bonds is 3. The fraction of sp³-hybridized carbons (Fsp3) is 0.0588. The zero-order chi connectivity index (χ0) is 14.7. The summed E-state index contributed by atoms with van der Waals surface area (Å²) in [4.78, 5) is 9.17. The molecule has 0 spiro atoms. The monoisotopic (exact) mass is 312 g/mol. The predicted octanol–water partition coefficient (Wildman–Crippen LogP) is 5.19. The molecule has 3 aromatic rings. The minimum Gasteiger partial charge on any atom is -0.222 e. The third-order valence-electron chi connectivity index (χ3n) is 3.08. The van der Waals surface area contributed by atoms with E-state index in [0.717, 1.165) is 27.7 Å². The Kier molecular flexibility index (Phi) is 4.23. The van der Waals surface area contributed by atoms with Crippen molar-refractivity contribution in [2.75, 3.05) is 6.26 Å². The summed E-state index contributed by atoms with van der Waals surface area (Å²) in [7, 11) is 0. The van der Waals surface area contributed by atoms with Crippen molar-refractivity contribution in [1.29, 1.82) is 0 Å². The number of halogens is 1. The molecule has 2 nitrogen and oxygen atoms in total. The first-order valence-electron chi connectivity index (χ1n) is 6.51. The smallest absolute Gasteiger partial charge is 0.188 e. The molecule has 0 amide bonds. The molecule has 0 N–H and O–H groups in total. The lowest BCUT2D eigenvalue weighted by Crippen LogP contribution is -1.93. The summed E-state index contributed by atoms with van der Waals surface area (Å²) in [6.07, 6.45) is 1.98. The Hall–Kier alpha value is -1.84. The van der Waals surface area contributed by atoms with Crippen molar-refractivity contribution in [3.05, 3.63) is 65.7 Å². The number of nitrogens with zero attached hydrogens (tertiary/aromatic N) is 2. The van der Waals surface area contributed by atoms with Gasteiger partial charge in [0.25, 0.3) is 0 Å². The van der Waals surface area contributed by atoms with Crippen molar-refractivity contribution in [2.45, 2.75) is 5.16 Å². The highest BCUT2D eigenvalue weighted by molar-refractivity contribution is 7.98. The average Bonchev–Trinajstić information content (AvgIpc) is 2.55. The van der Waals surface area contributed by atoms with Crippen LogP contribution in [0.15, 0.2) is 65.8 Å². The lowest BCUT2D eigenvalue weighted by Gasteiger charge is -2.07. The molecule has 0 aliphatic heterocycles. The minimum absolute atomic E-state index is 0.707. The van der Waals surface area contributed by atoms with Crippen LogP contribution in [-0.4, -0.2) is 16.2 Å². The van der Waals surface area contributed by atoms with Crippen molar-refractivity contribution < 1.29 is 0 Å². The van der Waals surface area contributed by atoms with E-state index in [1.54, 1.807) is 0 Å². The third-order valence-corrected chi connectivity index (χ3v) is 3.86. The molecule has 0 radical (unpaired) electrons. The highest BCUT2D eigenvalue weighted by atomic mass is 35.5. The minimum atomic E-state index is 0.707. The molecule has 4 heteroatoms. The van der Waals surface area contributed by atoms with Crippen LogP contribution in [0, 0.1) is 0 Å². The van der Waals surface area contributed by atoms with E-state index < -0.39 is 0 Å². The van der Waals surface area contributed by atoms with E-state index in [1.807, 2.05) is 66.9 Å². The van der Waals surface area contributed by atoms with Gasteiger partial charge < -0.3 is 0 Å². The second kappa shape index (κ2) is 6.29. The Bertz CT molecular complexity index is 760. The maximum atomic E-state index is 6.08. The summed E-state index contributed by atoms with van der Waals surface area (Å²) < 4.78 is 0. The van der Waals surface area contributed by atoms with Crippen LogP contribution in [0.3, 0.4) is 0 Å². The summed E-state index contributed by atoms with van der Waals surface area (Å²) >= 11 is 7.61. The van der Waals surface area contributed by atoms with Gasteiger partial charge in [0.2, 0.25) is 0 Å². The molecule has 0 fully saturated rings. The van der Waals surface area contributed by atoms with Gasteiger partial charge in [-0.2, -0.15) is 0 Å². The molecule has 0 aliphatic rings. The van der Waals surface area contributed by atoms with Gasteiger partial charge in [-0.25, -0.2) is 9.97 Å². The van der Waals surface area contributed by atoms with Crippen LogP contribution in [0.25, 0.3) is 22.5 Å². The van der Waals surface area contributed by atoms with E-state index in [2.05, 4.69) is 9.97 Å². The molecular formula is C17H13ClN2S. The lowest BCUT2D eigenvalue weighted by molar-refractivity contribution is 0.982. The summed E-state index contributed by atoms with van der Waals surface area (Å²) in [6.45, 7) is 0. The van der Waals surface area contributed by atoms with Crippen LogP contribution < -0.4 is 0 Å². The molecule has 104 valence electrons. The number of benzene rings is 2. The Morgan fingerprint density at radius 3 is 2.14 bits per heavy atom. The van der Waals surface area contributed by atoms with Gasteiger partial charge in [0.05, 0.1) is 11.4 Å². The van der Waals surface area contributed by atoms with E-state index >= 15 is 0 Å². The third kappa shape index (κ3) is 3.26. The van der Waals surface area contributed by atoms with Gasteiger partial charge in [-0.3, -0.25) is 0 Å². The van der Waals surface area contributed by atoms with Crippen molar-refractivity contribution >= 4 is 23.4 Å². The summed E-state index contributed by atoms with van der Waals surface area (Å²) in [6, 6.07) is 19.8. The normalized spacial score (nSPS) is 10.6. The zero-order valence-corrected chi connectivity index (χ0v) is 13.0. The second-order valence-electron chi connectivity index (χ2n) is 4.50. The van der Waals surface area contributed by atoms with Crippen LogP contribution in [0.5, 0.6) is 0 Å². The van der Waals surface area contributed by atoms with Crippen molar-refractivity contribution in [1.82, 2.24) is 9.97 Å². The summed E-state index contributed by atoms with van der Waals surface area (Å²) in [5.74, 6) is 0. The van der Waals surface area contributed by atoms with Gasteiger partial charge in [-0.05, 0) is 24.5 Å². The van der Waals surface area contributed by atoms with Gasteiger partial charge >= 0.3 is 0 Å². The highest BCUT2D eigenvalue weighted by Gasteiger charge is 2.08. The largest absolute Gasteiger partial charge is 0.222 e. The fourth-order valence-electron chi connectivity index (χ4n) is 2.07. The zero-order valence-electron chi connectivity index (χ0n) is 11.5. The van der Waals surface area contributed by atoms with Gasteiger partial charge in [0, 0.05) is 16.1 Å². The van der Waals surface area contributed by atoms with Gasteiger partial charge in [-0.1, -0.05) is 65.8 Å². The molecular weight excluding hydrogens is 300 g/mol. The molecule has 0 saturated carbocycles. The molecule has 0 unspecified atom stereocenters. The first-order chi connectivity index (χ1) is 10.3. The van der Waals surface area contributed by atoms with Crippen LogP contribution in [0.1, 0.15) is 0 Å². The highest BCUT2D eigenvalue weighted by Crippen LogP contribution is 2.27. The number of hydrogen-bond acceptors (Lipinski definition) is 3. The molecule has 3 rings (SSSR count). The molecule has 1 aromatic heterocycles. The van der Waals surface area contributed by atoms with Gasteiger partial charge in [0.1, 0.15) is 0 Å². The van der Waals surface area contributed by atoms with E-state index in [9.17, 15) is 0 Å². The van der Waals surface area contributed by atoms with E-state index in [1.165, 1.54) is 11.8 Å². The van der Waals surface area contributed by atoms with E-state index in [-0.39, 0.29) is 0 Å². The number of hydrogen-bond donors (Lipinski definition) is 0. The maximum absolute atomic E-state index is 6.08. The average molecular weight is 313 g/mol. The molecule has 0 saturated heterocycles. The molecule has 21 heavy (non-hydrogen) atoms. The standard InChI is InChI=1S/C17H13ClN2S/c1-21-17-19-15(12-6-3-2-4-7-12)11-16(20-17)13-8-5-9-14(18)10-13/h2-11H,1H3. The Labute approximate surface area is 133 Å². The quantitative estimate of drug-likeness (QED) is 0.492. The van der Waals surface area contributed by atoms with Crippen LogP contribution in [0.4, 0.5) is 0 Å². The first kappa shape index (κ1) is 14.1. The molecule has 0 bridgehead atoms. The van der Waals surface area contributed by atoms with Crippen LogP contribution in [-0.2, 0) is 0 Å². The number of aromatic nitrogens is 2. The lowest BCUT2D eigenvalue weighted by atomic mass is 10.1. The first-order valence-corrected chi connectivity index (χ1v) is 8.11. The van der Waals surface area contributed by atoms with E-state index in [0.29, 0.717) is 5.02 Å². The SMILES string of the molecule is CSc1nc(-c2ccccc2)cc(-c2cccc(Cl)c2)n1. The van der Waals surface area contributed by atoms with Crippen molar-refractivity contribution in [3.63, 3.8) is 0 Å². The van der Waals surface area contributed by atoms with E-state index in [4.69, 9.17) is 11.6 Å². The summed E-state index contributed by atoms with van der Waals surface area (Å²) in [5.41, 5.74) is 3.89. The van der Waals surface area contributed by atoms with Crippen LogP contribution >= 0.6 is 23.4 Å². The molecule has 0 atom stereocenters. The van der Waals surface area contributed by atoms with Crippen molar-refractivity contribution in [2.24, 2.45) is 0 Å².